The number of hydrogen-bond acceptors (Lipinski definition) is 4. The van der Waals surface area contributed by atoms with Gasteiger partial charge < -0.3 is 9.64 Å². The second-order valence-electron chi connectivity index (χ2n) is 3.72. The first kappa shape index (κ1) is 13.8. The average molecular weight is 261 g/mol. The second kappa shape index (κ2) is 7.90. The third-order valence-electron chi connectivity index (χ3n) is 2.45. The van der Waals surface area contributed by atoms with Gasteiger partial charge in [-0.2, -0.15) is 0 Å². The van der Waals surface area contributed by atoms with Crippen LogP contribution in [0.1, 0.15) is 32.6 Å². The van der Waals surface area contributed by atoms with Crippen LogP contribution in [0.15, 0.2) is 0 Å². The van der Waals surface area contributed by atoms with Gasteiger partial charge in [0.25, 0.3) is 0 Å². The molecule has 0 unspecified atom stereocenters. The van der Waals surface area contributed by atoms with Crippen LogP contribution in [0.3, 0.4) is 0 Å². The monoisotopic (exact) mass is 261 g/mol. The molecule has 1 aliphatic heterocycles. The number of esters is 1. The molecule has 92 valence electrons. The number of thioether (sulfide) groups is 1. The summed E-state index contributed by atoms with van der Waals surface area (Å²) < 4.78 is 5.79. The standard InChI is InChI=1S/C11H19NO2S2/c1-2-14-10(13)6-9-16-11(15)12-7-4-3-5-8-12/h2-9H2,1H3. The molecular weight excluding hydrogens is 242 g/mol. The maximum atomic E-state index is 11.1. The Morgan fingerprint density at radius 3 is 2.69 bits per heavy atom. The smallest absolute Gasteiger partial charge is 0.306 e. The van der Waals surface area contributed by atoms with E-state index in [1.54, 1.807) is 11.8 Å². The van der Waals surface area contributed by atoms with Gasteiger partial charge in [0.05, 0.1) is 13.0 Å². The zero-order valence-corrected chi connectivity index (χ0v) is 11.4. The molecule has 5 heteroatoms. The SMILES string of the molecule is CCOC(=O)CCSC(=S)N1CCCCC1. The van der Waals surface area contributed by atoms with Crippen molar-refractivity contribution < 1.29 is 9.53 Å². The van der Waals surface area contributed by atoms with Gasteiger partial charge in [-0.15, -0.1) is 0 Å². The minimum atomic E-state index is -0.128. The summed E-state index contributed by atoms with van der Waals surface area (Å²) in [6, 6.07) is 0. The third-order valence-corrected chi connectivity index (χ3v) is 3.98. The number of likely N-dealkylation sites (tertiary alicyclic amines) is 1. The highest BCUT2D eigenvalue weighted by atomic mass is 32.2. The number of thiocarbonyl (C=S) groups is 1. The molecule has 3 nitrogen and oxygen atoms in total. The molecule has 1 rings (SSSR count). The normalized spacial score (nSPS) is 15.9. The zero-order valence-electron chi connectivity index (χ0n) is 9.74. The van der Waals surface area contributed by atoms with E-state index in [2.05, 4.69) is 4.90 Å². The van der Waals surface area contributed by atoms with Gasteiger partial charge in [0.2, 0.25) is 0 Å². The summed E-state index contributed by atoms with van der Waals surface area (Å²) in [7, 11) is 0. The zero-order chi connectivity index (χ0) is 11.8. The Morgan fingerprint density at radius 1 is 1.38 bits per heavy atom. The quantitative estimate of drug-likeness (QED) is 0.573. The number of hydrogen-bond donors (Lipinski definition) is 0. The Kier molecular flexibility index (Phi) is 6.80. The molecule has 1 fully saturated rings. The molecule has 16 heavy (non-hydrogen) atoms. The lowest BCUT2D eigenvalue weighted by Crippen LogP contribution is -2.32. The first-order chi connectivity index (χ1) is 7.74. The summed E-state index contributed by atoms with van der Waals surface area (Å²) >= 11 is 6.92. The van der Waals surface area contributed by atoms with E-state index in [0.29, 0.717) is 13.0 Å². The van der Waals surface area contributed by atoms with Crippen LogP contribution in [0, 0.1) is 0 Å². The Morgan fingerprint density at radius 2 is 2.06 bits per heavy atom. The molecule has 0 atom stereocenters. The minimum Gasteiger partial charge on any atom is -0.466 e. The number of piperidine rings is 1. The lowest BCUT2D eigenvalue weighted by molar-refractivity contribution is -0.142. The Bertz CT molecular complexity index is 240. The molecule has 0 aromatic heterocycles. The molecule has 1 heterocycles. The molecule has 0 spiro atoms. The molecule has 1 aliphatic rings. The maximum Gasteiger partial charge on any atom is 0.306 e. The van der Waals surface area contributed by atoms with E-state index in [-0.39, 0.29) is 5.97 Å². The second-order valence-corrected chi connectivity index (χ2v) is 5.45. The van der Waals surface area contributed by atoms with Crippen molar-refractivity contribution in [1.29, 1.82) is 0 Å². The molecule has 1 saturated heterocycles. The van der Waals surface area contributed by atoms with Gasteiger partial charge in [-0.1, -0.05) is 24.0 Å². The minimum absolute atomic E-state index is 0.128. The van der Waals surface area contributed by atoms with Crippen molar-refractivity contribution in [3.8, 4) is 0 Å². The molecule has 0 aliphatic carbocycles. The van der Waals surface area contributed by atoms with Gasteiger partial charge in [0.15, 0.2) is 0 Å². The molecule has 0 bridgehead atoms. The van der Waals surface area contributed by atoms with E-state index in [4.69, 9.17) is 17.0 Å². The topological polar surface area (TPSA) is 29.5 Å². The van der Waals surface area contributed by atoms with Gasteiger partial charge in [0.1, 0.15) is 4.32 Å². The van der Waals surface area contributed by atoms with E-state index in [9.17, 15) is 4.79 Å². The van der Waals surface area contributed by atoms with Crippen LogP contribution in [0.25, 0.3) is 0 Å². The molecule has 0 amide bonds. The van der Waals surface area contributed by atoms with Crippen LogP contribution in [0.4, 0.5) is 0 Å². The summed E-state index contributed by atoms with van der Waals surface area (Å²) in [6.45, 7) is 4.43. The maximum absolute atomic E-state index is 11.1. The lowest BCUT2D eigenvalue weighted by atomic mass is 10.1. The van der Waals surface area contributed by atoms with E-state index >= 15 is 0 Å². The van der Waals surface area contributed by atoms with Crippen molar-refractivity contribution in [2.45, 2.75) is 32.6 Å². The van der Waals surface area contributed by atoms with Gasteiger partial charge in [-0.05, 0) is 26.2 Å². The van der Waals surface area contributed by atoms with E-state index in [1.165, 1.54) is 19.3 Å². The Hall–Kier alpha value is -0.290. The molecule has 0 saturated carbocycles. The van der Waals surface area contributed by atoms with Gasteiger partial charge in [-0.3, -0.25) is 4.79 Å². The Labute approximate surface area is 107 Å². The lowest BCUT2D eigenvalue weighted by Gasteiger charge is -2.28. The van der Waals surface area contributed by atoms with Crippen molar-refractivity contribution >= 4 is 34.3 Å². The Balaban J connectivity index is 2.12. The number of nitrogens with zero attached hydrogens (tertiary/aromatic N) is 1. The van der Waals surface area contributed by atoms with Crippen molar-refractivity contribution in [1.82, 2.24) is 4.90 Å². The van der Waals surface area contributed by atoms with E-state index in [0.717, 1.165) is 23.2 Å². The van der Waals surface area contributed by atoms with Crippen LogP contribution in [-0.4, -0.2) is 40.6 Å². The van der Waals surface area contributed by atoms with Gasteiger partial charge in [-0.25, -0.2) is 0 Å². The highest BCUT2D eigenvalue weighted by Gasteiger charge is 2.13. The number of rotatable bonds is 4. The fraction of sp³-hybridized carbons (Fsp3) is 0.818. The van der Waals surface area contributed by atoms with Crippen LogP contribution in [0.2, 0.25) is 0 Å². The van der Waals surface area contributed by atoms with Crippen LogP contribution < -0.4 is 0 Å². The summed E-state index contributed by atoms with van der Waals surface area (Å²) in [6.07, 6.45) is 4.23. The summed E-state index contributed by atoms with van der Waals surface area (Å²) in [4.78, 5) is 13.4. The predicted molar refractivity (Wildman–Crippen MR) is 71.7 cm³/mol. The van der Waals surface area contributed by atoms with Crippen molar-refractivity contribution in [3.05, 3.63) is 0 Å². The number of carbonyl (C=O) groups excluding carboxylic acids is 1. The molecule has 0 aromatic carbocycles. The molecular formula is C11H19NO2S2. The first-order valence-corrected chi connectivity index (χ1v) is 7.20. The molecule has 0 radical (unpaired) electrons. The summed E-state index contributed by atoms with van der Waals surface area (Å²) in [5.74, 6) is 0.602. The number of ether oxygens (including phenoxy) is 1. The third kappa shape index (κ3) is 5.16. The summed E-state index contributed by atoms with van der Waals surface area (Å²) in [5.41, 5.74) is 0. The van der Waals surface area contributed by atoms with E-state index in [1.807, 2.05) is 6.92 Å². The first-order valence-electron chi connectivity index (χ1n) is 5.81. The largest absolute Gasteiger partial charge is 0.466 e. The highest BCUT2D eigenvalue weighted by Crippen LogP contribution is 2.16. The van der Waals surface area contributed by atoms with Gasteiger partial charge in [0, 0.05) is 18.8 Å². The van der Waals surface area contributed by atoms with Crippen LogP contribution >= 0.6 is 24.0 Å². The van der Waals surface area contributed by atoms with Gasteiger partial charge >= 0.3 is 5.97 Å². The summed E-state index contributed by atoms with van der Waals surface area (Å²) in [5, 5.41) is 0. The van der Waals surface area contributed by atoms with Crippen molar-refractivity contribution in [3.63, 3.8) is 0 Å². The fourth-order valence-corrected chi connectivity index (χ4v) is 2.86. The van der Waals surface area contributed by atoms with E-state index < -0.39 is 0 Å². The number of carbonyl (C=O) groups is 1. The molecule has 0 N–H and O–H groups in total. The average Bonchev–Trinajstić information content (AvgIpc) is 2.30. The van der Waals surface area contributed by atoms with Crippen molar-refractivity contribution in [2.24, 2.45) is 0 Å². The molecule has 0 aromatic rings. The van der Waals surface area contributed by atoms with Crippen molar-refractivity contribution in [2.75, 3.05) is 25.4 Å². The fourth-order valence-electron chi connectivity index (χ4n) is 1.62. The predicted octanol–water partition coefficient (Wildman–Crippen LogP) is 2.44. The highest BCUT2D eigenvalue weighted by molar-refractivity contribution is 8.22. The van der Waals surface area contributed by atoms with Crippen LogP contribution in [-0.2, 0) is 9.53 Å². The van der Waals surface area contributed by atoms with Crippen LogP contribution in [0.5, 0.6) is 0 Å².